The van der Waals surface area contributed by atoms with Gasteiger partial charge in [0.15, 0.2) is 5.16 Å². The summed E-state index contributed by atoms with van der Waals surface area (Å²) in [5.74, 6) is 0.915. The number of hydrogen-bond acceptors (Lipinski definition) is 5. The Hall–Kier alpha value is -2.15. The first-order valence-corrected chi connectivity index (χ1v) is 11.0. The van der Waals surface area contributed by atoms with Crippen LogP contribution in [0.25, 0.3) is 16.6 Å². The van der Waals surface area contributed by atoms with E-state index >= 15 is 0 Å². The summed E-state index contributed by atoms with van der Waals surface area (Å²) in [6.45, 7) is 3.25. The quantitative estimate of drug-likeness (QED) is 0.375. The molecule has 0 amide bonds. The molecule has 2 aromatic carbocycles. The Labute approximate surface area is 169 Å². The molecule has 1 saturated heterocycles. The van der Waals surface area contributed by atoms with E-state index < -0.39 is 0 Å². The molecule has 6 heteroatoms. The second-order valence-electron chi connectivity index (χ2n) is 7.05. The maximum Gasteiger partial charge on any atom is 0.266 e. The van der Waals surface area contributed by atoms with E-state index in [1.165, 1.54) is 19.3 Å². The van der Waals surface area contributed by atoms with E-state index in [9.17, 15) is 4.79 Å². The third-order valence-electron chi connectivity index (χ3n) is 5.00. The van der Waals surface area contributed by atoms with E-state index in [0.29, 0.717) is 5.39 Å². The largest absolute Gasteiger partial charge is 0.268 e. The van der Waals surface area contributed by atoms with Gasteiger partial charge in [-0.1, -0.05) is 48.5 Å². The van der Waals surface area contributed by atoms with Crippen LogP contribution in [-0.2, 0) is 0 Å². The van der Waals surface area contributed by atoms with Crippen LogP contribution in [0.2, 0.25) is 0 Å². The fraction of sp³-hybridized carbons (Fsp3) is 0.364. The summed E-state index contributed by atoms with van der Waals surface area (Å²) in [7, 11) is 0. The Balaban J connectivity index is 1.50. The number of benzene rings is 2. The number of aromatic nitrogens is 2. The van der Waals surface area contributed by atoms with Gasteiger partial charge in [0, 0.05) is 25.4 Å². The number of piperidine rings is 1. The SMILES string of the molecule is O=c1c2ccccc2nc(SCCCNN2CCCCC2)n1-c1ccccc1. The predicted octanol–water partition coefficient (Wildman–Crippen LogP) is 3.86. The number of hydrazine groups is 1. The average Bonchev–Trinajstić information content (AvgIpc) is 2.75. The van der Waals surface area contributed by atoms with Crippen molar-refractivity contribution < 1.29 is 0 Å². The van der Waals surface area contributed by atoms with Crippen LogP contribution in [0.1, 0.15) is 25.7 Å². The van der Waals surface area contributed by atoms with Crippen molar-refractivity contribution in [2.24, 2.45) is 0 Å². The smallest absolute Gasteiger partial charge is 0.266 e. The highest BCUT2D eigenvalue weighted by molar-refractivity contribution is 7.99. The molecule has 0 unspecified atom stereocenters. The van der Waals surface area contributed by atoms with Gasteiger partial charge in [0.1, 0.15) is 0 Å². The summed E-state index contributed by atoms with van der Waals surface area (Å²) in [6, 6.07) is 17.4. The molecular weight excluding hydrogens is 368 g/mol. The number of fused-ring (bicyclic) bond motifs is 1. The van der Waals surface area contributed by atoms with Gasteiger partial charge in [-0.3, -0.25) is 14.8 Å². The fourth-order valence-corrected chi connectivity index (χ4v) is 4.49. The molecule has 1 aliphatic heterocycles. The van der Waals surface area contributed by atoms with E-state index in [2.05, 4.69) is 10.4 Å². The number of para-hydroxylation sites is 2. The zero-order valence-electron chi connectivity index (χ0n) is 16.0. The van der Waals surface area contributed by atoms with Crippen LogP contribution in [0.3, 0.4) is 0 Å². The minimum Gasteiger partial charge on any atom is -0.268 e. The standard InChI is InChI=1S/C22H26N4OS/c27-21-19-12-5-6-13-20(19)24-22(26(21)18-10-3-1-4-11-18)28-17-9-14-23-25-15-7-2-8-16-25/h1,3-6,10-13,23H,2,7-9,14-17H2. The molecule has 146 valence electrons. The molecular formula is C22H26N4OS. The van der Waals surface area contributed by atoms with Crippen molar-refractivity contribution in [2.75, 3.05) is 25.4 Å². The predicted molar refractivity (Wildman–Crippen MR) is 116 cm³/mol. The van der Waals surface area contributed by atoms with Crippen LogP contribution in [-0.4, -0.2) is 39.9 Å². The van der Waals surface area contributed by atoms with Crippen molar-refractivity contribution >= 4 is 22.7 Å². The Kier molecular flexibility index (Phi) is 6.41. The van der Waals surface area contributed by atoms with Crippen molar-refractivity contribution in [3.8, 4) is 5.69 Å². The Morgan fingerprint density at radius 2 is 1.71 bits per heavy atom. The average molecular weight is 395 g/mol. The first-order valence-electron chi connectivity index (χ1n) is 10.0. The topological polar surface area (TPSA) is 50.2 Å². The van der Waals surface area contributed by atoms with Gasteiger partial charge in [-0.05, 0) is 43.5 Å². The molecule has 0 radical (unpaired) electrons. The number of nitrogens with zero attached hydrogens (tertiary/aromatic N) is 3. The van der Waals surface area contributed by atoms with Gasteiger partial charge in [0.05, 0.1) is 16.6 Å². The summed E-state index contributed by atoms with van der Waals surface area (Å²) in [5.41, 5.74) is 5.14. The Morgan fingerprint density at radius 3 is 2.54 bits per heavy atom. The molecule has 1 aromatic heterocycles. The van der Waals surface area contributed by atoms with E-state index in [-0.39, 0.29) is 5.56 Å². The normalized spacial score (nSPS) is 15.1. The lowest BCUT2D eigenvalue weighted by atomic mass is 10.2. The van der Waals surface area contributed by atoms with Gasteiger partial charge in [-0.25, -0.2) is 9.99 Å². The van der Waals surface area contributed by atoms with Crippen molar-refractivity contribution in [3.63, 3.8) is 0 Å². The lowest BCUT2D eigenvalue weighted by Crippen LogP contribution is -2.42. The first kappa shape index (κ1) is 19.2. The lowest BCUT2D eigenvalue weighted by molar-refractivity contribution is 0.155. The molecule has 1 N–H and O–H groups in total. The second kappa shape index (κ2) is 9.37. The zero-order valence-corrected chi connectivity index (χ0v) is 16.8. The molecule has 28 heavy (non-hydrogen) atoms. The third-order valence-corrected chi connectivity index (χ3v) is 6.03. The Bertz CT molecular complexity index is 967. The van der Waals surface area contributed by atoms with Gasteiger partial charge in [0.25, 0.3) is 5.56 Å². The van der Waals surface area contributed by atoms with Gasteiger partial charge in [-0.2, -0.15) is 0 Å². The molecule has 0 atom stereocenters. The maximum atomic E-state index is 13.1. The highest BCUT2D eigenvalue weighted by Crippen LogP contribution is 2.21. The van der Waals surface area contributed by atoms with Crippen LogP contribution in [0, 0.1) is 0 Å². The molecule has 3 aromatic rings. The summed E-state index contributed by atoms with van der Waals surface area (Å²) < 4.78 is 1.74. The number of rotatable bonds is 7. The first-order chi connectivity index (χ1) is 13.8. The lowest BCUT2D eigenvalue weighted by Gasteiger charge is -2.27. The molecule has 4 rings (SSSR count). The summed E-state index contributed by atoms with van der Waals surface area (Å²) in [4.78, 5) is 17.9. The van der Waals surface area contributed by atoms with E-state index in [4.69, 9.17) is 4.98 Å². The molecule has 0 spiro atoms. The summed E-state index contributed by atoms with van der Waals surface area (Å²) >= 11 is 1.65. The molecule has 2 heterocycles. The Morgan fingerprint density at radius 1 is 0.964 bits per heavy atom. The van der Waals surface area contributed by atoms with E-state index in [1.807, 2.05) is 54.6 Å². The van der Waals surface area contributed by atoms with Crippen LogP contribution in [0.4, 0.5) is 0 Å². The van der Waals surface area contributed by atoms with Crippen LogP contribution in [0.15, 0.2) is 64.5 Å². The minimum absolute atomic E-state index is 0.00857. The van der Waals surface area contributed by atoms with E-state index in [0.717, 1.165) is 48.2 Å². The van der Waals surface area contributed by atoms with Crippen LogP contribution < -0.4 is 11.0 Å². The van der Waals surface area contributed by atoms with E-state index in [1.54, 1.807) is 16.3 Å². The van der Waals surface area contributed by atoms with Crippen LogP contribution >= 0.6 is 11.8 Å². The van der Waals surface area contributed by atoms with Crippen molar-refractivity contribution in [3.05, 3.63) is 65.0 Å². The second-order valence-corrected chi connectivity index (χ2v) is 8.11. The highest BCUT2D eigenvalue weighted by atomic mass is 32.2. The number of thioether (sulfide) groups is 1. The highest BCUT2D eigenvalue weighted by Gasteiger charge is 2.13. The van der Waals surface area contributed by atoms with Gasteiger partial charge >= 0.3 is 0 Å². The van der Waals surface area contributed by atoms with Gasteiger partial charge in [-0.15, -0.1) is 0 Å². The third kappa shape index (κ3) is 4.46. The molecule has 0 saturated carbocycles. The van der Waals surface area contributed by atoms with Crippen LogP contribution in [0.5, 0.6) is 0 Å². The van der Waals surface area contributed by atoms with Crippen molar-refractivity contribution in [1.82, 2.24) is 20.0 Å². The minimum atomic E-state index is -0.00857. The summed E-state index contributed by atoms with van der Waals surface area (Å²) in [5, 5.41) is 3.75. The monoisotopic (exact) mass is 394 g/mol. The molecule has 0 aliphatic carbocycles. The molecule has 1 fully saturated rings. The molecule has 0 bridgehead atoms. The van der Waals surface area contributed by atoms with Crippen molar-refractivity contribution in [1.29, 1.82) is 0 Å². The number of nitrogens with one attached hydrogen (secondary N) is 1. The molecule has 5 nitrogen and oxygen atoms in total. The zero-order chi connectivity index (χ0) is 19.2. The summed E-state index contributed by atoms with van der Waals surface area (Å²) in [6.07, 6.45) is 4.94. The molecule has 1 aliphatic rings. The van der Waals surface area contributed by atoms with Gasteiger partial charge in [0.2, 0.25) is 0 Å². The van der Waals surface area contributed by atoms with Crippen molar-refractivity contribution in [2.45, 2.75) is 30.8 Å². The van der Waals surface area contributed by atoms with Gasteiger partial charge < -0.3 is 0 Å². The number of hydrogen-bond donors (Lipinski definition) is 1. The maximum absolute atomic E-state index is 13.1. The fourth-order valence-electron chi connectivity index (χ4n) is 3.54.